The van der Waals surface area contributed by atoms with Gasteiger partial charge in [-0.05, 0) is 81.4 Å². The molecule has 3 aromatic heterocycles. The molecule has 0 spiro atoms. The summed E-state index contributed by atoms with van der Waals surface area (Å²) >= 11 is 0. The number of aryl methyl sites for hydroxylation is 1. The number of halogens is 1. The number of aromatic amines is 1. The molecule has 1 N–H and O–H groups in total. The molecule has 0 aliphatic carbocycles. The van der Waals surface area contributed by atoms with Crippen molar-refractivity contribution in [1.29, 1.82) is 0 Å². The second kappa shape index (κ2) is 11.7. The Bertz CT molecular complexity index is 1800. The molecule has 0 amide bonds. The number of furan rings is 1. The SMILES string of the molecule is CCc1ccc2[nH]c(=O)c([C@H](c3nnnn3Cc3ccc(F)cc3)N(Cc3ccccc3)Cc3ccco3)cc2c1. The number of tetrazole rings is 1. The summed E-state index contributed by atoms with van der Waals surface area (Å²) in [5, 5.41) is 13.7. The molecule has 8 nitrogen and oxygen atoms in total. The maximum absolute atomic E-state index is 13.8. The molecular formula is C32H29FN6O2. The predicted molar refractivity (Wildman–Crippen MR) is 154 cm³/mol. The fourth-order valence-corrected chi connectivity index (χ4v) is 5.14. The van der Waals surface area contributed by atoms with Crippen LogP contribution < -0.4 is 5.56 Å². The highest BCUT2D eigenvalue weighted by atomic mass is 19.1. The van der Waals surface area contributed by atoms with Gasteiger partial charge in [-0.1, -0.05) is 55.5 Å². The Balaban J connectivity index is 1.52. The molecule has 3 heterocycles. The average Bonchev–Trinajstić information content (AvgIpc) is 3.67. The van der Waals surface area contributed by atoms with Crippen molar-refractivity contribution >= 4 is 10.9 Å². The van der Waals surface area contributed by atoms with E-state index in [-0.39, 0.29) is 11.4 Å². The Kier molecular flexibility index (Phi) is 7.51. The topological polar surface area (TPSA) is 92.8 Å². The van der Waals surface area contributed by atoms with Gasteiger partial charge in [0.05, 0.1) is 19.4 Å². The summed E-state index contributed by atoms with van der Waals surface area (Å²) in [6, 6.07) is 27.4. The minimum absolute atomic E-state index is 0.222. The largest absolute Gasteiger partial charge is 0.468 e. The molecule has 1 atom stereocenters. The minimum Gasteiger partial charge on any atom is -0.468 e. The van der Waals surface area contributed by atoms with Crippen molar-refractivity contribution < 1.29 is 8.81 Å². The Morgan fingerprint density at radius 2 is 1.73 bits per heavy atom. The van der Waals surface area contributed by atoms with Crippen LogP contribution in [0.15, 0.2) is 106 Å². The second-order valence-electron chi connectivity index (χ2n) is 10.0. The lowest BCUT2D eigenvalue weighted by Crippen LogP contribution is -2.34. The smallest absolute Gasteiger partial charge is 0.253 e. The molecule has 9 heteroatoms. The van der Waals surface area contributed by atoms with E-state index in [4.69, 9.17) is 4.42 Å². The van der Waals surface area contributed by atoms with Crippen molar-refractivity contribution in [3.8, 4) is 0 Å². The predicted octanol–water partition coefficient (Wildman–Crippen LogP) is 5.65. The van der Waals surface area contributed by atoms with Crippen LogP contribution in [-0.2, 0) is 26.1 Å². The lowest BCUT2D eigenvalue weighted by molar-refractivity contribution is 0.179. The summed E-state index contributed by atoms with van der Waals surface area (Å²) in [6.45, 7) is 3.32. The number of hydrogen-bond acceptors (Lipinski definition) is 6. The number of fused-ring (bicyclic) bond motifs is 1. The zero-order chi connectivity index (χ0) is 28.2. The van der Waals surface area contributed by atoms with Crippen molar-refractivity contribution in [3.63, 3.8) is 0 Å². The maximum Gasteiger partial charge on any atom is 0.253 e. The summed E-state index contributed by atoms with van der Waals surface area (Å²) in [5.41, 5.74) is 4.13. The van der Waals surface area contributed by atoms with Crippen LogP contribution in [0.1, 0.15) is 46.8 Å². The normalized spacial score (nSPS) is 12.3. The molecule has 0 radical (unpaired) electrons. The Morgan fingerprint density at radius 1 is 0.927 bits per heavy atom. The number of H-pyrrole nitrogens is 1. The standard InChI is InChI=1S/C32H29FN6O2/c1-2-22-12-15-29-25(17-22)18-28(32(40)34-29)30(31-35-36-37-39(31)20-24-10-13-26(33)14-11-24)38(21-27-9-6-16-41-27)19-23-7-4-3-5-8-23/h3-18,30H,2,19-21H2,1H3,(H,34,40)/t30-/m1/s1. The lowest BCUT2D eigenvalue weighted by atomic mass is 10.0. The number of nitrogens with one attached hydrogen (secondary N) is 1. The summed E-state index contributed by atoms with van der Waals surface area (Å²) in [6.07, 6.45) is 2.51. The molecule has 0 aliphatic heterocycles. The summed E-state index contributed by atoms with van der Waals surface area (Å²) in [7, 11) is 0. The molecule has 6 rings (SSSR count). The number of benzene rings is 3. The van der Waals surface area contributed by atoms with Crippen LogP contribution in [0, 0.1) is 5.82 Å². The summed E-state index contributed by atoms with van der Waals surface area (Å²) in [4.78, 5) is 19.0. The van der Waals surface area contributed by atoms with E-state index in [0.29, 0.717) is 31.0 Å². The maximum atomic E-state index is 13.8. The Labute approximate surface area is 236 Å². The van der Waals surface area contributed by atoms with E-state index >= 15 is 0 Å². The third kappa shape index (κ3) is 5.85. The van der Waals surface area contributed by atoms with E-state index in [1.165, 1.54) is 17.7 Å². The first-order chi connectivity index (χ1) is 20.1. The van der Waals surface area contributed by atoms with Crippen LogP contribution in [0.5, 0.6) is 0 Å². The molecule has 0 unspecified atom stereocenters. The van der Waals surface area contributed by atoms with E-state index in [1.807, 2.05) is 60.7 Å². The van der Waals surface area contributed by atoms with E-state index in [2.05, 4.69) is 38.4 Å². The number of rotatable bonds is 10. The van der Waals surface area contributed by atoms with Crippen molar-refractivity contribution in [2.24, 2.45) is 0 Å². The van der Waals surface area contributed by atoms with E-state index in [9.17, 15) is 9.18 Å². The molecule has 41 heavy (non-hydrogen) atoms. The van der Waals surface area contributed by atoms with E-state index in [0.717, 1.165) is 34.2 Å². The third-order valence-corrected chi connectivity index (χ3v) is 7.22. The highest BCUT2D eigenvalue weighted by molar-refractivity contribution is 5.80. The van der Waals surface area contributed by atoms with Crippen LogP contribution in [0.4, 0.5) is 4.39 Å². The molecule has 0 aliphatic rings. The fraction of sp³-hybridized carbons (Fsp3) is 0.188. The van der Waals surface area contributed by atoms with Gasteiger partial charge in [0.15, 0.2) is 5.82 Å². The van der Waals surface area contributed by atoms with Crippen molar-refractivity contribution in [2.75, 3.05) is 0 Å². The lowest BCUT2D eigenvalue weighted by Gasteiger charge is -2.30. The number of aromatic nitrogens is 5. The number of nitrogens with zero attached hydrogens (tertiary/aromatic N) is 5. The van der Waals surface area contributed by atoms with Gasteiger partial charge in [0, 0.05) is 17.6 Å². The zero-order valence-electron chi connectivity index (χ0n) is 22.6. The van der Waals surface area contributed by atoms with Crippen molar-refractivity contribution in [3.05, 3.63) is 147 Å². The molecule has 0 bridgehead atoms. The first-order valence-electron chi connectivity index (χ1n) is 13.5. The van der Waals surface area contributed by atoms with Crippen LogP contribution >= 0.6 is 0 Å². The highest BCUT2D eigenvalue weighted by Gasteiger charge is 2.31. The quantitative estimate of drug-likeness (QED) is 0.238. The van der Waals surface area contributed by atoms with Crippen LogP contribution in [0.3, 0.4) is 0 Å². The first kappa shape index (κ1) is 26.3. The van der Waals surface area contributed by atoms with Crippen molar-refractivity contribution in [2.45, 2.75) is 39.0 Å². The van der Waals surface area contributed by atoms with E-state index < -0.39 is 6.04 Å². The molecule has 0 saturated heterocycles. The molecule has 0 fully saturated rings. The van der Waals surface area contributed by atoms with Gasteiger partial charge in [-0.25, -0.2) is 9.07 Å². The van der Waals surface area contributed by atoms with Gasteiger partial charge in [0.25, 0.3) is 5.56 Å². The van der Waals surface area contributed by atoms with Crippen LogP contribution in [0.2, 0.25) is 0 Å². The number of pyridine rings is 1. The monoisotopic (exact) mass is 548 g/mol. The Hall–Kier alpha value is -4.89. The average molecular weight is 549 g/mol. The highest BCUT2D eigenvalue weighted by Crippen LogP contribution is 2.30. The van der Waals surface area contributed by atoms with Gasteiger partial charge in [-0.2, -0.15) is 0 Å². The molecule has 3 aromatic carbocycles. The van der Waals surface area contributed by atoms with Crippen LogP contribution in [-0.4, -0.2) is 30.1 Å². The summed E-state index contributed by atoms with van der Waals surface area (Å²) < 4.78 is 21.0. The third-order valence-electron chi connectivity index (χ3n) is 7.22. The van der Waals surface area contributed by atoms with Crippen molar-refractivity contribution in [1.82, 2.24) is 30.1 Å². The number of hydrogen-bond donors (Lipinski definition) is 1. The molecule has 206 valence electrons. The molecule has 0 saturated carbocycles. The van der Waals surface area contributed by atoms with Gasteiger partial charge >= 0.3 is 0 Å². The van der Waals surface area contributed by atoms with Gasteiger partial charge in [0.2, 0.25) is 0 Å². The fourth-order valence-electron chi connectivity index (χ4n) is 5.14. The second-order valence-corrected chi connectivity index (χ2v) is 10.0. The first-order valence-corrected chi connectivity index (χ1v) is 13.5. The molecular weight excluding hydrogens is 519 g/mol. The zero-order valence-corrected chi connectivity index (χ0v) is 22.6. The summed E-state index contributed by atoms with van der Waals surface area (Å²) in [5.74, 6) is 0.924. The Morgan fingerprint density at radius 3 is 2.49 bits per heavy atom. The van der Waals surface area contributed by atoms with Gasteiger partial charge < -0.3 is 9.40 Å². The van der Waals surface area contributed by atoms with Gasteiger partial charge in [-0.15, -0.1) is 5.10 Å². The van der Waals surface area contributed by atoms with Crippen LogP contribution in [0.25, 0.3) is 10.9 Å². The van der Waals surface area contributed by atoms with Gasteiger partial charge in [-0.3, -0.25) is 9.69 Å². The van der Waals surface area contributed by atoms with Gasteiger partial charge in [0.1, 0.15) is 17.6 Å². The minimum atomic E-state index is -0.630. The molecule has 6 aromatic rings. The van der Waals surface area contributed by atoms with E-state index in [1.54, 1.807) is 23.1 Å².